The molecule has 3 saturated carbocycles. The van der Waals surface area contributed by atoms with E-state index in [1.807, 2.05) is 0 Å². The van der Waals surface area contributed by atoms with Crippen LogP contribution in [0.1, 0.15) is 25.3 Å². The molecule has 12 heavy (non-hydrogen) atoms. The Balaban J connectivity index is 1.85. The van der Waals surface area contributed by atoms with E-state index in [-0.39, 0.29) is 0 Å². The number of benzene rings is 1. The van der Waals surface area contributed by atoms with Gasteiger partial charge in [-0.2, -0.15) is 0 Å². The van der Waals surface area contributed by atoms with Crippen molar-refractivity contribution >= 4 is 0 Å². The standard InChI is InChI=1S/C12H12/c1-10(9-5-3-2-4-6-9)11-7-12(10,11)8-11/h2-6H,7-8H2,1H3. The van der Waals surface area contributed by atoms with E-state index in [4.69, 9.17) is 0 Å². The smallest absolute Gasteiger partial charge is 0.00496 e. The van der Waals surface area contributed by atoms with E-state index in [9.17, 15) is 0 Å². The third-order valence-electron chi connectivity index (χ3n) is 5.08. The molecule has 0 unspecified atom stereocenters. The molecule has 0 heteroatoms. The summed E-state index contributed by atoms with van der Waals surface area (Å²) in [6.45, 7) is 2.45. The summed E-state index contributed by atoms with van der Waals surface area (Å²) in [7, 11) is 0. The molecule has 0 saturated heterocycles. The topological polar surface area (TPSA) is 0 Å². The zero-order chi connectivity index (χ0) is 8.03. The zero-order valence-electron chi connectivity index (χ0n) is 7.30. The minimum Gasteiger partial charge on any atom is -0.0622 e. The van der Waals surface area contributed by atoms with Gasteiger partial charge in [-0.05, 0) is 29.2 Å². The van der Waals surface area contributed by atoms with Gasteiger partial charge in [-0.1, -0.05) is 37.3 Å². The minimum atomic E-state index is 0.612. The molecular formula is C12H12. The van der Waals surface area contributed by atoms with Gasteiger partial charge in [-0.3, -0.25) is 0 Å². The number of hydrogen-bond donors (Lipinski definition) is 0. The van der Waals surface area contributed by atoms with Gasteiger partial charge in [-0.15, -0.1) is 0 Å². The van der Waals surface area contributed by atoms with Crippen molar-refractivity contribution in [3.8, 4) is 0 Å². The van der Waals surface area contributed by atoms with Crippen LogP contribution < -0.4 is 0 Å². The van der Waals surface area contributed by atoms with Crippen LogP contribution in [-0.4, -0.2) is 0 Å². The van der Waals surface area contributed by atoms with Crippen molar-refractivity contribution < 1.29 is 0 Å². The molecule has 0 nitrogen and oxygen atoms in total. The summed E-state index contributed by atoms with van der Waals surface area (Å²) in [5.74, 6) is 0. The molecule has 60 valence electrons. The highest BCUT2D eigenvalue weighted by Crippen LogP contribution is 3.14. The fourth-order valence-corrected chi connectivity index (χ4v) is 3.76. The first-order valence-electron chi connectivity index (χ1n) is 4.82. The Labute approximate surface area is 72.6 Å². The summed E-state index contributed by atoms with van der Waals surface area (Å²) in [6.07, 6.45) is 3.07. The van der Waals surface area contributed by atoms with Crippen LogP contribution in [0.2, 0.25) is 0 Å². The maximum absolute atomic E-state index is 2.45. The Hall–Kier alpha value is -0.780. The molecule has 1 aromatic carbocycles. The Morgan fingerprint density at radius 3 is 2.00 bits per heavy atom. The second kappa shape index (κ2) is 1.17. The lowest BCUT2D eigenvalue weighted by molar-refractivity contribution is 0.283. The SMILES string of the molecule is CC1(c2ccccc2)C23CC21C3. The molecule has 0 heterocycles. The molecule has 3 aliphatic rings. The van der Waals surface area contributed by atoms with E-state index in [1.165, 1.54) is 12.8 Å². The Bertz CT molecular complexity index is 354. The lowest BCUT2D eigenvalue weighted by atomic mass is 9.70. The summed E-state index contributed by atoms with van der Waals surface area (Å²) >= 11 is 0. The second-order valence-electron chi connectivity index (χ2n) is 5.01. The molecule has 3 fully saturated rings. The van der Waals surface area contributed by atoms with Crippen molar-refractivity contribution in [2.75, 3.05) is 0 Å². The largest absolute Gasteiger partial charge is 0.0622 e. The van der Waals surface area contributed by atoms with Crippen LogP contribution in [0.15, 0.2) is 30.3 Å². The van der Waals surface area contributed by atoms with E-state index < -0.39 is 0 Å². The highest BCUT2D eigenvalue weighted by Gasteiger charge is 3.10. The fraction of sp³-hybridized carbons (Fsp3) is 0.500. The molecule has 3 aliphatic carbocycles. The predicted molar refractivity (Wildman–Crippen MR) is 47.9 cm³/mol. The first kappa shape index (κ1) is 5.80. The second-order valence-corrected chi connectivity index (χ2v) is 5.01. The third-order valence-corrected chi connectivity index (χ3v) is 5.08. The van der Waals surface area contributed by atoms with Gasteiger partial charge in [-0.25, -0.2) is 0 Å². The van der Waals surface area contributed by atoms with Crippen LogP contribution in [0.25, 0.3) is 0 Å². The third kappa shape index (κ3) is 0.292. The van der Waals surface area contributed by atoms with Gasteiger partial charge in [0.05, 0.1) is 0 Å². The maximum atomic E-state index is 2.45. The summed E-state index contributed by atoms with van der Waals surface area (Å²) < 4.78 is 0. The van der Waals surface area contributed by atoms with E-state index in [1.54, 1.807) is 5.56 Å². The first-order chi connectivity index (χ1) is 5.77. The molecule has 0 aromatic heterocycles. The summed E-state index contributed by atoms with van der Waals surface area (Å²) in [4.78, 5) is 0. The average Bonchev–Trinajstić information content (AvgIpc) is 2.94. The quantitative estimate of drug-likeness (QED) is 0.586. The molecule has 0 amide bonds. The van der Waals surface area contributed by atoms with Crippen LogP contribution in [0.5, 0.6) is 0 Å². The van der Waals surface area contributed by atoms with Gasteiger partial charge in [0, 0.05) is 5.41 Å². The van der Waals surface area contributed by atoms with Crippen molar-refractivity contribution in [1.82, 2.24) is 0 Å². The fourth-order valence-electron chi connectivity index (χ4n) is 3.76. The molecule has 0 N–H and O–H groups in total. The predicted octanol–water partition coefficient (Wildman–Crippen LogP) is 2.74. The molecule has 0 spiro atoms. The van der Waals surface area contributed by atoms with E-state index in [0.717, 1.165) is 10.8 Å². The maximum Gasteiger partial charge on any atom is 0.00496 e. The van der Waals surface area contributed by atoms with Crippen molar-refractivity contribution in [2.45, 2.75) is 25.2 Å². The molecule has 0 bridgehead atoms. The van der Waals surface area contributed by atoms with Crippen molar-refractivity contribution in [1.29, 1.82) is 0 Å². The summed E-state index contributed by atoms with van der Waals surface area (Å²) in [5.41, 5.74) is 3.84. The van der Waals surface area contributed by atoms with Gasteiger partial charge in [0.1, 0.15) is 0 Å². The minimum absolute atomic E-state index is 0.612. The monoisotopic (exact) mass is 156 g/mol. The van der Waals surface area contributed by atoms with Crippen molar-refractivity contribution in [2.24, 2.45) is 10.8 Å². The highest BCUT2D eigenvalue weighted by atomic mass is 15.1. The summed E-state index contributed by atoms with van der Waals surface area (Å²) in [6, 6.07) is 11.1. The van der Waals surface area contributed by atoms with Gasteiger partial charge in [0.2, 0.25) is 0 Å². The molecule has 0 atom stereocenters. The van der Waals surface area contributed by atoms with Crippen LogP contribution in [-0.2, 0) is 5.41 Å². The van der Waals surface area contributed by atoms with Gasteiger partial charge in [0.25, 0.3) is 0 Å². The lowest BCUT2D eigenvalue weighted by Crippen LogP contribution is -2.29. The number of hydrogen-bond acceptors (Lipinski definition) is 0. The van der Waals surface area contributed by atoms with Crippen LogP contribution in [0, 0.1) is 10.8 Å². The van der Waals surface area contributed by atoms with Crippen LogP contribution in [0.4, 0.5) is 0 Å². The van der Waals surface area contributed by atoms with E-state index >= 15 is 0 Å². The Kier molecular flexibility index (Phi) is 0.566. The Morgan fingerprint density at radius 2 is 1.58 bits per heavy atom. The Morgan fingerprint density at radius 1 is 1.00 bits per heavy atom. The van der Waals surface area contributed by atoms with Gasteiger partial charge < -0.3 is 0 Å². The zero-order valence-corrected chi connectivity index (χ0v) is 7.30. The van der Waals surface area contributed by atoms with Crippen LogP contribution in [0.3, 0.4) is 0 Å². The van der Waals surface area contributed by atoms with Gasteiger partial charge in [0.15, 0.2) is 0 Å². The molecule has 0 aliphatic heterocycles. The first-order valence-corrected chi connectivity index (χ1v) is 4.82. The van der Waals surface area contributed by atoms with E-state index in [2.05, 4.69) is 37.3 Å². The number of rotatable bonds is 1. The lowest BCUT2D eigenvalue weighted by Gasteiger charge is -2.33. The van der Waals surface area contributed by atoms with Gasteiger partial charge >= 0.3 is 0 Å². The van der Waals surface area contributed by atoms with Crippen molar-refractivity contribution in [3.05, 3.63) is 35.9 Å². The molecule has 0 radical (unpaired) electrons. The van der Waals surface area contributed by atoms with Crippen molar-refractivity contribution in [3.63, 3.8) is 0 Å². The average molecular weight is 156 g/mol. The normalized spacial score (nSPS) is 57.1. The van der Waals surface area contributed by atoms with E-state index in [0.29, 0.717) is 5.41 Å². The molecular weight excluding hydrogens is 144 g/mol. The summed E-state index contributed by atoms with van der Waals surface area (Å²) in [5, 5.41) is 0. The van der Waals surface area contributed by atoms with Crippen LogP contribution >= 0.6 is 0 Å². The molecule has 1 aromatic rings. The highest BCUT2D eigenvalue weighted by molar-refractivity contribution is 5.66. The molecule has 4 rings (SSSR count).